The van der Waals surface area contributed by atoms with Gasteiger partial charge in [0.05, 0.1) is 18.9 Å². The molecule has 4 nitrogen and oxygen atoms in total. The Bertz CT molecular complexity index is 394. The van der Waals surface area contributed by atoms with Gasteiger partial charge < -0.3 is 9.84 Å². The molecule has 0 aromatic heterocycles. The van der Waals surface area contributed by atoms with Crippen molar-refractivity contribution in [2.24, 2.45) is 10.8 Å². The molecule has 0 aliphatic rings. The van der Waals surface area contributed by atoms with Crippen LogP contribution in [0.3, 0.4) is 0 Å². The lowest BCUT2D eigenvalue weighted by Gasteiger charge is -2.46. The van der Waals surface area contributed by atoms with Gasteiger partial charge in [-0.3, -0.25) is 9.59 Å². The number of carboxylic acids is 1. The van der Waals surface area contributed by atoms with Crippen molar-refractivity contribution in [3.05, 3.63) is 0 Å². The van der Waals surface area contributed by atoms with Gasteiger partial charge in [-0.1, -0.05) is 34.6 Å². The molecule has 0 saturated carbocycles. The second-order valence-corrected chi connectivity index (χ2v) is 8.72. The maximum atomic E-state index is 12.5. The Hall–Kier alpha value is -0.710. The smallest absolute Gasteiger partial charge is 0.312 e. The summed E-state index contributed by atoms with van der Waals surface area (Å²) in [6.07, 6.45) is 2.57. The number of ether oxygens (including phenoxy) is 1. The summed E-state index contributed by atoms with van der Waals surface area (Å²) in [6, 6.07) is 0. The van der Waals surface area contributed by atoms with Crippen LogP contribution in [0.2, 0.25) is 0 Å². The summed E-state index contributed by atoms with van der Waals surface area (Å²) >= 11 is 1.64. The fraction of sp³-hybridized carbons (Fsp3) is 0.882. The van der Waals surface area contributed by atoms with Crippen molar-refractivity contribution < 1.29 is 19.4 Å². The number of thioether (sulfide) groups is 1. The molecule has 0 saturated heterocycles. The van der Waals surface area contributed by atoms with E-state index in [9.17, 15) is 9.59 Å². The number of methoxy groups -OCH3 is 1. The summed E-state index contributed by atoms with van der Waals surface area (Å²) in [7, 11) is 1.44. The average Bonchev–Trinajstić information content (AvgIpc) is 2.45. The third kappa shape index (κ3) is 5.18. The van der Waals surface area contributed by atoms with Gasteiger partial charge in [-0.15, -0.1) is 0 Å². The van der Waals surface area contributed by atoms with Crippen LogP contribution in [0.15, 0.2) is 0 Å². The van der Waals surface area contributed by atoms with E-state index in [2.05, 4.69) is 34.6 Å². The second kappa shape index (κ2) is 8.23. The monoisotopic (exact) mass is 332 g/mol. The number of hydrogen-bond donors (Lipinski definition) is 1. The molecule has 0 spiro atoms. The Labute approximate surface area is 139 Å². The van der Waals surface area contributed by atoms with Crippen molar-refractivity contribution in [2.45, 2.75) is 72.0 Å². The minimum Gasteiger partial charge on any atom is -0.481 e. The summed E-state index contributed by atoms with van der Waals surface area (Å²) in [5, 5.41) is 8.82. The van der Waals surface area contributed by atoms with E-state index in [4.69, 9.17) is 9.84 Å². The van der Waals surface area contributed by atoms with Gasteiger partial charge in [0.25, 0.3) is 0 Å². The third-order valence-corrected chi connectivity index (χ3v) is 6.79. The molecule has 1 N–H and O–H groups in total. The Morgan fingerprint density at radius 3 is 2.00 bits per heavy atom. The molecule has 0 heterocycles. The zero-order valence-electron chi connectivity index (χ0n) is 15.1. The highest BCUT2D eigenvalue weighted by Crippen LogP contribution is 2.51. The van der Waals surface area contributed by atoms with E-state index in [-0.39, 0.29) is 22.6 Å². The number of rotatable bonds is 10. The van der Waals surface area contributed by atoms with Crippen molar-refractivity contribution in [2.75, 3.05) is 12.9 Å². The largest absolute Gasteiger partial charge is 0.481 e. The molecule has 0 radical (unpaired) electrons. The first-order valence-corrected chi connectivity index (χ1v) is 8.90. The summed E-state index contributed by atoms with van der Waals surface area (Å²) in [4.78, 5) is 23.2. The minimum absolute atomic E-state index is 0.145. The highest BCUT2D eigenvalue weighted by atomic mass is 32.2. The predicted octanol–water partition coefficient (Wildman–Crippen LogP) is 4.37. The van der Waals surface area contributed by atoms with Gasteiger partial charge in [0.1, 0.15) is 0 Å². The quantitative estimate of drug-likeness (QED) is 0.602. The molecule has 0 aromatic carbocycles. The van der Waals surface area contributed by atoms with Crippen LogP contribution in [-0.2, 0) is 14.3 Å². The lowest BCUT2D eigenvalue weighted by Crippen LogP contribution is -2.47. The number of esters is 1. The normalized spacial score (nSPS) is 17.4. The van der Waals surface area contributed by atoms with E-state index in [1.54, 1.807) is 11.8 Å². The number of carbonyl (C=O) groups excluding carboxylic acids is 1. The number of carboxylic acid groups (broad SMARTS) is 1. The first-order chi connectivity index (χ1) is 9.98. The van der Waals surface area contributed by atoms with Crippen LogP contribution >= 0.6 is 11.8 Å². The number of aliphatic carboxylic acids is 1. The van der Waals surface area contributed by atoms with Crippen molar-refractivity contribution in [1.82, 2.24) is 0 Å². The molecule has 0 rings (SSSR count). The molecule has 0 aromatic rings. The van der Waals surface area contributed by atoms with Crippen LogP contribution in [0, 0.1) is 10.8 Å². The maximum Gasteiger partial charge on any atom is 0.312 e. The number of hydrogen-bond acceptors (Lipinski definition) is 4. The van der Waals surface area contributed by atoms with E-state index < -0.39 is 11.4 Å². The van der Waals surface area contributed by atoms with Crippen molar-refractivity contribution in [3.63, 3.8) is 0 Å². The Morgan fingerprint density at radius 2 is 1.64 bits per heavy atom. The van der Waals surface area contributed by atoms with E-state index >= 15 is 0 Å². The van der Waals surface area contributed by atoms with Gasteiger partial charge in [0.15, 0.2) is 0 Å². The lowest BCUT2D eigenvalue weighted by atomic mass is 9.61. The molecule has 0 aliphatic heterocycles. The van der Waals surface area contributed by atoms with E-state index in [0.717, 1.165) is 12.8 Å². The fourth-order valence-electron chi connectivity index (χ4n) is 2.61. The summed E-state index contributed by atoms with van der Waals surface area (Å²) in [6.45, 7) is 12.5. The zero-order valence-corrected chi connectivity index (χ0v) is 15.9. The highest BCUT2D eigenvalue weighted by Gasteiger charge is 2.50. The van der Waals surface area contributed by atoms with Crippen molar-refractivity contribution in [1.29, 1.82) is 0 Å². The van der Waals surface area contributed by atoms with Crippen molar-refractivity contribution >= 4 is 23.7 Å². The van der Waals surface area contributed by atoms with Gasteiger partial charge in [0, 0.05) is 10.5 Å². The lowest BCUT2D eigenvalue weighted by molar-refractivity contribution is -0.161. The molecular formula is C17H32O4S. The van der Waals surface area contributed by atoms with Crippen LogP contribution in [0.25, 0.3) is 0 Å². The third-order valence-electron chi connectivity index (χ3n) is 5.26. The summed E-state index contributed by atoms with van der Waals surface area (Å²) in [5.74, 6) is -0.405. The molecule has 2 atom stereocenters. The predicted molar refractivity (Wildman–Crippen MR) is 92.2 cm³/mol. The fourth-order valence-corrected chi connectivity index (χ4v) is 3.98. The standard InChI is InChI=1S/C17H32O4S/c1-8-15(3,4)17(6,14(20)21-7)12-16(5,9-2)22-11-10-13(18)19/h8-12H2,1-7H3,(H,18,19). The molecule has 5 heteroatoms. The Kier molecular flexibility index (Phi) is 7.96. The van der Waals surface area contributed by atoms with Gasteiger partial charge >= 0.3 is 11.9 Å². The molecular weight excluding hydrogens is 300 g/mol. The summed E-state index contributed by atoms with van der Waals surface area (Å²) < 4.78 is 4.95. The van der Waals surface area contributed by atoms with Crippen LogP contribution in [-0.4, -0.2) is 34.7 Å². The second-order valence-electron chi connectivity index (χ2n) is 7.03. The molecule has 0 fully saturated rings. The Balaban J connectivity index is 5.33. The van der Waals surface area contributed by atoms with Crippen LogP contribution < -0.4 is 0 Å². The highest BCUT2D eigenvalue weighted by molar-refractivity contribution is 8.00. The van der Waals surface area contributed by atoms with Gasteiger partial charge in [0.2, 0.25) is 0 Å². The maximum absolute atomic E-state index is 12.5. The molecule has 130 valence electrons. The van der Waals surface area contributed by atoms with Gasteiger partial charge in [-0.25, -0.2) is 0 Å². The molecule has 0 amide bonds. The topological polar surface area (TPSA) is 63.6 Å². The number of carbonyl (C=O) groups is 2. The van der Waals surface area contributed by atoms with Gasteiger partial charge in [-0.05, 0) is 31.6 Å². The first kappa shape index (κ1) is 21.3. The summed E-state index contributed by atoms with van der Waals surface area (Å²) in [5.41, 5.74) is -0.790. The van der Waals surface area contributed by atoms with E-state index in [1.807, 2.05) is 6.92 Å². The van der Waals surface area contributed by atoms with E-state index in [0.29, 0.717) is 12.2 Å². The zero-order chi connectivity index (χ0) is 17.6. The van der Waals surface area contributed by atoms with Crippen LogP contribution in [0.5, 0.6) is 0 Å². The van der Waals surface area contributed by atoms with Crippen molar-refractivity contribution in [3.8, 4) is 0 Å². The average molecular weight is 333 g/mol. The Morgan fingerprint density at radius 1 is 1.09 bits per heavy atom. The molecule has 0 aliphatic carbocycles. The van der Waals surface area contributed by atoms with Gasteiger partial charge in [-0.2, -0.15) is 11.8 Å². The minimum atomic E-state index is -0.782. The molecule has 0 bridgehead atoms. The molecule has 2 unspecified atom stereocenters. The van der Waals surface area contributed by atoms with E-state index in [1.165, 1.54) is 7.11 Å². The van der Waals surface area contributed by atoms with Crippen LogP contribution in [0.1, 0.15) is 67.2 Å². The molecule has 22 heavy (non-hydrogen) atoms. The van der Waals surface area contributed by atoms with Crippen LogP contribution in [0.4, 0.5) is 0 Å². The first-order valence-electron chi connectivity index (χ1n) is 7.92. The SMILES string of the molecule is CCC(C)(CC(C)(C(=O)OC)C(C)(C)CC)SCCC(=O)O.